The fraction of sp³-hybridized carbons (Fsp3) is 0.364. The number of aromatic hydroxyl groups is 1. The Labute approximate surface area is 97.9 Å². The maximum atomic E-state index is 13.0. The maximum Gasteiger partial charge on any atom is 0.236 e. The van der Waals surface area contributed by atoms with E-state index in [1.165, 1.54) is 4.90 Å². The van der Waals surface area contributed by atoms with Gasteiger partial charge in [0.1, 0.15) is 0 Å². The third-order valence-electron chi connectivity index (χ3n) is 2.18. The number of nitrogens with zero attached hydrogens (tertiary/aromatic N) is 1. The molecule has 1 aromatic rings. The molecule has 0 saturated heterocycles. The number of carbonyl (C=O) groups excluding carboxylic acids is 1. The van der Waals surface area contributed by atoms with Crippen LogP contribution in [0.2, 0.25) is 0 Å². The average molecular weight is 244 g/mol. The minimum absolute atomic E-state index is 0.0805. The van der Waals surface area contributed by atoms with Crippen molar-refractivity contribution < 1.29 is 18.7 Å². The fourth-order valence-corrected chi connectivity index (χ4v) is 1.19. The van der Waals surface area contributed by atoms with Gasteiger partial charge in [0.25, 0.3) is 0 Å². The molecule has 1 aromatic carbocycles. The molecular weight excluding hydrogens is 230 g/mol. The summed E-state index contributed by atoms with van der Waals surface area (Å²) < 4.78 is 25.9. The lowest BCUT2D eigenvalue weighted by atomic mass is 10.2. The molecule has 17 heavy (non-hydrogen) atoms. The number of nitrogens with one attached hydrogen (secondary N) is 1. The van der Waals surface area contributed by atoms with Crippen molar-refractivity contribution in [1.82, 2.24) is 10.2 Å². The second-order valence-corrected chi connectivity index (χ2v) is 3.80. The fourth-order valence-electron chi connectivity index (χ4n) is 1.19. The van der Waals surface area contributed by atoms with E-state index in [9.17, 15) is 13.6 Å². The van der Waals surface area contributed by atoms with E-state index in [4.69, 9.17) is 5.11 Å². The number of phenolic OH excluding ortho intramolecular Hbond substituents is 1. The van der Waals surface area contributed by atoms with Crippen molar-refractivity contribution in [2.24, 2.45) is 0 Å². The van der Waals surface area contributed by atoms with Gasteiger partial charge in [-0.15, -0.1) is 0 Å². The summed E-state index contributed by atoms with van der Waals surface area (Å²) in [5.74, 6) is -3.15. The lowest BCUT2D eigenvalue weighted by Crippen LogP contribution is -2.32. The summed E-state index contributed by atoms with van der Waals surface area (Å²) in [6.07, 6.45) is 0. The van der Waals surface area contributed by atoms with Crippen LogP contribution < -0.4 is 5.32 Å². The predicted molar refractivity (Wildman–Crippen MR) is 58.4 cm³/mol. The summed E-state index contributed by atoms with van der Waals surface area (Å²) in [5.41, 5.74) is 0.323. The molecule has 0 aliphatic carbocycles. The zero-order valence-electron chi connectivity index (χ0n) is 9.63. The zero-order chi connectivity index (χ0) is 13.0. The van der Waals surface area contributed by atoms with Gasteiger partial charge in [-0.2, -0.15) is 0 Å². The number of phenols is 1. The summed E-state index contributed by atoms with van der Waals surface area (Å²) in [6.45, 7) is 0.227. The lowest BCUT2D eigenvalue weighted by molar-refractivity contribution is -0.127. The molecule has 0 aromatic heterocycles. The molecule has 0 radical (unpaired) electrons. The smallest absolute Gasteiger partial charge is 0.236 e. The molecule has 4 nitrogen and oxygen atoms in total. The Morgan fingerprint density at radius 1 is 1.35 bits per heavy atom. The molecule has 0 heterocycles. The van der Waals surface area contributed by atoms with E-state index in [-0.39, 0.29) is 19.0 Å². The Balaban J connectivity index is 2.56. The van der Waals surface area contributed by atoms with Crippen LogP contribution in [0.4, 0.5) is 8.78 Å². The molecule has 0 unspecified atom stereocenters. The van der Waals surface area contributed by atoms with Gasteiger partial charge in [-0.1, -0.05) is 0 Å². The molecular formula is C11H14F2N2O2. The summed E-state index contributed by atoms with van der Waals surface area (Å²) >= 11 is 0. The van der Waals surface area contributed by atoms with Gasteiger partial charge in [0.2, 0.25) is 5.91 Å². The average Bonchev–Trinajstić information content (AvgIpc) is 2.25. The third kappa shape index (κ3) is 3.67. The predicted octanol–water partition coefficient (Wildman–Crippen LogP) is 0.848. The lowest BCUT2D eigenvalue weighted by Gasteiger charge is -2.11. The van der Waals surface area contributed by atoms with Gasteiger partial charge in [0.05, 0.1) is 6.54 Å². The Hall–Kier alpha value is -1.69. The topological polar surface area (TPSA) is 52.6 Å². The van der Waals surface area contributed by atoms with E-state index in [1.54, 1.807) is 14.1 Å². The minimum atomic E-state index is -1.01. The van der Waals surface area contributed by atoms with Crippen molar-refractivity contribution in [2.75, 3.05) is 20.6 Å². The van der Waals surface area contributed by atoms with E-state index in [2.05, 4.69) is 5.32 Å². The monoisotopic (exact) mass is 244 g/mol. The SMILES string of the molecule is CN(C)C(=O)CNCc1cc(F)c(O)c(F)c1. The molecule has 0 spiro atoms. The van der Waals surface area contributed by atoms with E-state index in [0.29, 0.717) is 5.56 Å². The highest BCUT2D eigenvalue weighted by atomic mass is 19.1. The van der Waals surface area contributed by atoms with E-state index in [0.717, 1.165) is 12.1 Å². The molecule has 6 heteroatoms. The molecule has 1 rings (SSSR count). The summed E-state index contributed by atoms with van der Waals surface area (Å²) in [4.78, 5) is 12.6. The molecule has 2 N–H and O–H groups in total. The van der Waals surface area contributed by atoms with Crippen molar-refractivity contribution >= 4 is 5.91 Å². The van der Waals surface area contributed by atoms with Gasteiger partial charge in [0.15, 0.2) is 17.4 Å². The first-order valence-electron chi connectivity index (χ1n) is 4.99. The van der Waals surface area contributed by atoms with Crippen molar-refractivity contribution in [1.29, 1.82) is 0 Å². The Morgan fingerprint density at radius 2 is 1.88 bits per heavy atom. The second kappa shape index (κ2) is 5.58. The van der Waals surface area contributed by atoms with Crippen LogP contribution in [-0.2, 0) is 11.3 Å². The number of halogens is 2. The van der Waals surface area contributed by atoms with Crippen LogP contribution in [0.5, 0.6) is 5.75 Å². The van der Waals surface area contributed by atoms with Crippen LogP contribution in [0.1, 0.15) is 5.56 Å². The number of amides is 1. The van der Waals surface area contributed by atoms with Gasteiger partial charge in [-0.05, 0) is 17.7 Å². The van der Waals surface area contributed by atoms with Crippen LogP contribution in [-0.4, -0.2) is 36.6 Å². The van der Waals surface area contributed by atoms with Gasteiger partial charge in [-0.25, -0.2) is 8.78 Å². The van der Waals surface area contributed by atoms with E-state index in [1.807, 2.05) is 0 Å². The van der Waals surface area contributed by atoms with Crippen molar-refractivity contribution in [3.05, 3.63) is 29.3 Å². The van der Waals surface area contributed by atoms with Crippen LogP contribution in [0, 0.1) is 11.6 Å². The van der Waals surface area contributed by atoms with Crippen LogP contribution in [0.25, 0.3) is 0 Å². The maximum absolute atomic E-state index is 13.0. The van der Waals surface area contributed by atoms with Crippen LogP contribution in [0.3, 0.4) is 0 Å². The quantitative estimate of drug-likeness (QED) is 0.825. The summed E-state index contributed by atoms with van der Waals surface area (Å²) in [6, 6.07) is 2.04. The molecule has 0 bridgehead atoms. The van der Waals surface area contributed by atoms with Crippen molar-refractivity contribution in [3.63, 3.8) is 0 Å². The number of benzene rings is 1. The van der Waals surface area contributed by atoms with E-state index < -0.39 is 17.4 Å². The Bertz CT molecular complexity index is 399. The summed E-state index contributed by atoms with van der Waals surface area (Å²) in [7, 11) is 3.23. The second-order valence-electron chi connectivity index (χ2n) is 3.80. The first-order chi connectivity index (χ1) is 7.91. The minimum Gasteiger partial charge on any atom is -0.503 e. The first kappa shape index (κ1) is 13.4. The molecule has 0 atom stereocenters. The summed E-state index contributed by atoms with van der Waals surface area (Å²) in [5, 5.41) is 11.6. The van der Waals surface area contributed by atoms with Gasteiger partial charge < -0.3 is 15.3 Å². The molecule has 0 aliphatic heterocycles. The van der Waals surface area contributed by atoms with Gasteiger partial charge in [-0.3, -0.25) is 4.79 Å². The zero-order valence-corrected chi connectivity index (χ0v) is 9.63. The number of hydrogen-bond acceptors (Lipinski definition) is 3. The standard InChI is InChI=1S/C11H14F2N2O2/c1-15(2)10(16)6-14-5-7-3-8(12)11(17)9(13)4-7/h3-4,14,17H,5-6H2,1-2H3. The molecule has 0 aliphatic rings. The first-order valence-corrected chi connectivity index (χ1v) is 4.99. The molecule has 0 fully saturated rings. The molecule has 94 valence electrons. The highest BCUT2D eigenvalue weighted by Crippen LogP contribution is 2.21. The number of carbonyl (C=O) groups is 1. The normalized spacial score (nSPS) is 10.4. The number of likely N-dealkylation sites (N-methyl/N-ethyl adjacent to an activating group) is 1. The molecule has 0 saturated carbocycles. The Kier molecular flexibility index (Phi) is 4.39. The van der Waals surface area contributed by atoms with Crippen molar-refractivity contribution in [2.45, 2.75) is 6.54 Å². The van der Waals surface area contributed by atoms with Gasteiger partial charge >= 0.3 is 0 Å². The van der Waals surface area contributed by atoms with Gasteiger partial charge in [0, 0.05) is 20.6 Å². The highest BCUT2D eigenvalue weighted by Gasteiger charge is 2.09. The van der Waals surface area contributed by atoms with Crippen molar-refractivity contribution in [3.8, 4) is 5.75 Å². The molecule has 1 amide bonds. The number of hydrogen-bond donors (Lipinski definition) is 2. The van der Waals surface area contributed by atoms with Crippen LogP contribution in [0.15, 0.2) is 12.1 Å². The largest absolute Gasteiger partial charge is 0.503 e. The number of rotatable bonds is 4. The highest BCUT2D eigenvalue weighted by molar-refractivity contribution is 5.77. The van der Waals surface area contributed by atoms with Crippen LogP contribution >= 0.6 is 0 Å². The van der Waals surface area contributed by atoms with E-state index >= 15 is 0 Å². The third-order valence-corrected chi connectivity index (χ3v) is 2.18. The Morgan fingerprint density at radius 3 is 2.35 bits per heavy atom.